The molecule has 0 aromatic heterocycles. The minimum Gasteiger partial charge on any atom is -0.414 e. The maximum absolute atomic E-state index is 6.98. The summed E-state index contributed by atoms with van der Waals surface area (Å²) < 4.78 is 20.6. The highest BCUT2D eigenvalue weighted by molar-refractivity contribution is 6.70. The first-order valence-corrected chi connectivity index (χ1v) is 24.4. The lowest BCUT2D eigenvalue weighted by Gasteiger charge is -2.60. The van der Waals surface area contributed by atoms with Gasteiger partial charge in [0.05, 0.1) is 18.3 Å². The molecule has 0 aliphatic heterocycles. The molecule has 3 saturated carbocycles. The van der Waals surface area contributed by atoms with Crippen molar-refractivity contribution in [2.75, 3.05) is 0 Å². The van der Waals surface area contributed by atoms with Crippen LogP contribution in [0, 0.1) is 28.6 Å². The Hall–Kier alpha value is 0.271. The number of rotatable bonds is 6. The van der Waals surface area contributed by atoms with Crippen LogP contribution in [-0.4, -0.2) is 43.3 Å². The van der Waals surface area contributed by atoms with E-state index >= 15 is 0 Å². The molecule has 0 amide bonds. The van der Waals surface area contributed by atoms with Gasteiger partial charge in [-0.05, 0) is 138 Å². The van der Waals surface area contributed by atoms with E-state index in [-0.39, 0.29) is 17.6 Å². The molecule has 0 radical (unpaired) electrons. The first kappa shape index (κ1) is 27.3. The molecule has 34 heavy (non-hydrogen) atoms. The summed E-state index contributed by atoms with van der Waals surface area (Å²) in [6.45, 7) is 26.3. The van der Waals surface area contributed by atoms with Crippen LogP contribution in [0.5, 0.6) is 0 Å². The van der Waals surface area contributed by atoms with Crippen LogP contribution in [0.2, 0.25) is 58.9 Å². The molecule has 6 heteroatoms. The van der Waals surface area contributed by atoms with Crippen LogP contribution in [0.4, 0.5) is 0 Å². The summed E-state index contributed by atoms with van der Waals surface area (Å²) in [7, 11) is -4.86. The van der Waals surface area contributed by atoms with Gasteiger partial charge in [0.2, 0.25) is 0 Å². The highest BCUT2D eigenvalue weighted by Gasteiger charge is 2.61. The summed E-state index contributed by atoms with van der Waals surface area (Å²) in [5.74, 6) is 2.41. The van der Waals surface area contributed by atoms with Crippen LogP contribution in [-0.2, 0) is 13.3 Å². The van der Waals surface area contributed by atoms with E-state index in [1.165, 1.54) is 38.5 Å². The summed E-state index contributed by atoms with van der Waals surface area (Å²) in [5, 5.41) is 0. The van der Waals surface area contributed by atoms with Crippen molar-refractivity contribution in [3.63, 3.8) is 0 Å². The average molecular weight is 523 g/mol. The van der Waals surface area contributed by atoms with Crippen LogP contribution >= 0.6 is 0 Å². The molecule has 3 fully saturated rings. The quantitative estimate of drug-likeness (QED) is 0.260. The van der Waals surface area contributed by atoms with Gasteiger partial charge in [-0.3, -0.25) is 0 Å². The molecule has 0 unspecified atom stereocenters. The highest BCUT2D eigenvalue weighted by atomic mass is 28.4. The molecule has 0 N–H and O–H groups in total. The van der Waals surface area contributed by atoms with Crippen molar-refractivity contribution in [3.05, 3.63) is 11.6 Å². The molecule has 4 aliphatic carbocycles. The minimum atomic E-state index is -1.70. The summed E-state index contributed by atoms with van der Waals surface area (Å²) in [4.78, 5) is 0. The second-order valence-corrected chi connectivity index (χ2v) is 28.9. The maximum atomic E-state index is 6.98. The highest BCUT2D eigenvalue weighted by Crippen LogP contribution is 2.65. The van der Waals surface area contributed by atoms with Gasteiger partial charge in [0.1, 0.15) is 0 Å². The fourth-order valence-electron chi connectivity index (χ4n) is 8.35. The van der Waals surface area contributed by atoms with E-state index in [0.29, 0.717) is 11.5 Å². The Bertz CT molecular complexity index is 792. The number of hydrogen-bond acceptors (Lipinski definition) is 3. The lowest BCUT2D eigenvalue weighted by atomic mass is 9.47. The molecule has 0 aromatic rings. The Labute approximate surface area is 214 Å². The molecule has 0 spiro atoms. The monoisotopic (exact) mass is 522 g/mol. The van der Waals surface area contributed by atoms with Gasteiger partial charge >= 0.3 is 0 Å². The maximum Gasteiger partial charge on any atom is 0.184 e. The standard InChI is InChI=1S/C28H54O3Si3/c1-27-19-17-24(29-32(3,4)5)26(31-34(9,10)11)23(27)13-12-20-21-14-15-25(30-33(6,7)8)28(21,2)18-16-22(20)27/h13,20-22,24-26H,12,14-19H2,1-11H3/t20-,21-,22-,24-,25-,26-,27+,28-/m0/s1. The molecule has 8 atom stereocenters. The van der Waals surface area contributed by atoms with Crippen molar-refractivity contribution in [1.29, 1.82) is 0 Å². The van der Waals surface area contributed by atoms with Crippen molar-refractivity contribution < 1.29 is 13.3 Å². The lowest BCUT2D eigenvalue weighted by Crippen LogP contribution is -2.57. The Kier molecular flexibility index (Phi) is 7.18. The van der Waals surface area contributed by atoms with E-state index in [1.807, 2.05) is 0 Å². The van der Waals surface area contributed by atoms with Gasteiger partial charge in [-0.25, -0.2) is 0 Å². The molecule has 3 nitrogen and oxygen atoms in total. The van der Waals surface area contributed by atoms with Gasteiger partial charge in [0, 0.05) is 0 Å². The second kappa shape index (κ2) is 8.94. The number of allylic oxidation sites excluding steroid dienone is 1. The van der Waals surface area contributed by atoms with Crippen molar-refractivity contribution in [3.8, 4) is 0 Å². The summed E-state index contributed by atoms with van der Waals surface area (Å²) in [6, 6.07) is 0. The zero-order valence-electron chi connectivity index (χ0n) is 24.2. The van der Waals surface area contributed by atoms with Crippen molar-refractivity contribution in [1.82, 2.24) is 0 Å². The molecular formula is C28H54O3Si3. The zero-order valence-corrected chi connectivity index (χ0v) is 27.2. The number of hydrogen-bond donors (Lipinski definition) is 0. The first-order valence-electron chi connectivity index (χ1n) is 14.2. The smallest absolute Gasteiger partial charge is 0.184 e. The van der Waals surface area contributed by atoms with Gasteiger partial charge in [-0.2, -0.15) is 0 Å². The van der Waals surface area contributed by atoms with Gasteiger partial charge < -0.3 is 13.3 Å². The van der Waals surface area contributed by atoms with Gasteiger partial charge in [-0.15, -0.1) is 0 Å². The third-order valence-corrected chi connectivity index (χ3v) is 12.5. The molecular weight excluding hydrogens is 469 g/mol. The van der Waals surface area contributed by atoms with Crippen LogP contribution < -0.4 is 0 Å². The van der Waals surface area contributed by atoms with E-state index in [4.69, 9.17) is 13.3 Å². The SMILES string of the molecule is C[C@]12CC[C@H]3[C@@H](CC=C4[C@H](O[Si](C)(C)C)[C@@H](O[Si](C)(C)C)CC[C@@]43C)[C@@H]1CC[C@@H]2O[Si](C)(C)C. The van der Waals surface area contributed by atoms with Crippen LogP contribution in [0.3, 0.4) is 0 Å². The molecule has 4 rings (SSSR count). The second-order valence-electron chi connectivity index (χ2n) is 15.5. The first-order chi connectivity index (χ1) is 15.4. The predicted molar refractivity (Wildman–Crippen MR) is 152 cm³/mol. The summed E-state index contributed by atoms with van der Waals surface area (Å²) >= 11 is 0. The van der Waals surface area contributed by atoms with Crippen molar-refractivity contribution in [2.24, 2.45) is 28.6 Å². The Balaban J connectivity index is 1.63. The van der Waals surface area contributed by atoms with E-state index in [9.17, 15) is 0 Å². The third-order valence-electron chi connectivity index (χ3n) is 9.51. The van der Waals surface area contributed by atoms with Crippen LogP contribution in [0.1, 0.15) is 58.8 Å². The summed E-state index contributed by atoms with van der Waals surface area (Å²) in [6.07, 6.45) is 12.5. The van der Waals surface area contributed by atoms with Crippen LogP contribution in [0.25, 0.3) is 0 Å². The van der Waals surface area contributed by atoms with Gasteiger partial charge in [0.25, 0.3) is 0 Å². The van der Waals surface area contributed by atoms with Crippen molar-refractivity contribution >= 4 is 25.0 Å². The normalized spacial score (nSPS) is 43.1. The van der Waals surface area contributed by atoms with E-state index in [1.54, 1.807) is 5.57 Å². The Morgan fingerprint density at radius 2 is 1.32 bits per heavy atom. The van der Waals surface area contributed by atoms with Gasteiger partial charge in [-0.1, -0.05) is 19.9 Å². The lowest BCUT2D eigenvalue weighted by molar-refractivity contribution is -0.0805. The topological polar surface area (TPSA) is 27.7 Å². The largest absolute Gasteiger partial charge is 0.414 e. The fraction of sp³-hybridized carbons (Fsp3) is 0.929. The summed E-state index contributed by atoms with van der Waals surface area (Å²) in [5.41, 5.74) is 2.25. The van der Waals surface area contributed by atoms with E-state index < -0.39 is 25.0 Å². The molecule has 0 heterocycles. The minimum absolute atomic E-state index is 0.165. The fourth-order valence-corrected chi connectivity index (χ4v) is 11.8. The van der Waals surface area contributed by atoms with Crippen molar-refractivity contribution in [2.45, 2.75) is 136 Å². The molecule has 0 bridgehead atoms. The van der Waals surface area contributed by atoms with E-state index in [0.717, 1.165) is 24.2 Å². The zero-order chi connectivity index (χ0) is 25.3. The molecule has 0 aromatic carbocycles. The molecule has 4 aliphatic rings. The number of fused-ring (bicyclic) bond motifs is 5. The molecule has 196 valence electrons. The average Bonchev–Trinajstić information content (AvgIpc) is 2.96. The Morgan fingerprint density at radius 3 is 1.91 bits per heavy atom. The van der Waals surface area contributed by atoms with Gasteiger partial charge in [0.15, 0.2) is 25.0 Å². The third kappa shape index (κ3) is 5.29. The molecule has 0 saturated heterocycles. The predicted octanol–water partition coefficient (Wildman–Crippen LogP) is 8.22. The van der Waals surface area contributed by atoms with Crippen LogP contribution in [0.15, 0.2) is 11.6 Å². The van der Waals surface area contributed by atoms with E-state index in [2.05, 4.69) is 78.8 Å². The Morgan fingerprint density at radius 1 is 0.706 bits per heavy atom.